The van der Waals surface area contributed by atoms with E-state index in [2.05, 4.69) is 24.2 Å². The molecule has 22 heavy (non-hydrogen) atoms. The highest BCUT2D eigenvalue weighted by Crippen LogP contribution is 2.13. The van der Waals surface area contributed by atoms with E-state index in [9.17, 15) is 0 Å². The van der Waals surface area contributed by atoms with E-state index < -0.39 is 0 Å². The van der Waals surface area contributed by atoms with Gasteiger partial charge in [-0.2, -0.15) is 0 Å². The van der Waals surface area contributed by atoms with Crippen molar-refractivity contribution in [3.05, 3.63) is 41.7 Å². The smallest absolute Gasteiger partial charge is 0.119 e. The van der Waals surface area contributed by atoms with Gasteiger partial charge in [-0.15, -0.1) is 5.10 Å². The van der Waals surface area contributed by atoms with E-state index in [1.165, 1.54) is 5.69 Å². The normalized spacial score (nSPS) is 11.1. The second kappa shape index (κ2) is 8.54. The lowest BCUT2D eigenvalue weighted by Crippen LogP contribution is -2.11. The van der Waals surface area contributed by atoms with Gasteiger partial charge >= 0.3 is 0 Å². The molecular formula is C17H26N4O. The largest absolute Gasteiger partial charge is 0.494 e. The molecular weight excluding hydrogens is 276 g/mol. The van der Waals surface area contributed by atoms with Gasteiger partial charge in [0.25, 0.3) is 0 Å². The standard InChI is InChI=1S/C17H26N4O/c1-14(2)12-17-16(13-18)19-20-21(17)10-6-7-11-22-15-8-4-3-5-9-15/h3-5,8-9,14H,6-7,10-13,18H2,1-2H3. The molecule has 0 aliphatic carbocycles. The third-order valence-electron chi connectivity index (χ3n) is 3.49. The Kier molecular flexibility index (Phi) is 6.40. The van der Waals surface area contributed by atoms with Crippen LogP contribution in [0.4, 0.5) is 0 Å². The van der Waals surface area contributed by atoms with Crippen molar-refractivity contribution in [3.8, 4) is 5.75 Å². The maximum atomic E-state index is 5.74. The average molecular weight is 302 g/mol. The van der Waals surface area contributed by atoms with Crippen LogP contribution in [-0.2, 0) is 19.5 Å². The zero-order valence-electron chi connectivity index (χ0n) is 13.5. The molecule has 0 saturated heterocycles. The van der Waals surface area contributed by atoms with Crippen molar-refractivity contribution in [2.45, 2.75) is 46.2 Å². The first-order valence-corrected chi connectivity index (χ1v) is 8.00. The number of hydrogen-bond donors (Lipinski definition) is 1. The summed E-state index contributed by atoms with van der Waals surface area (Å²) in [7, 11) is 0. The van der Waals surface area contributed by atoms with Gasteiger partial charge < -0.3 is 10.5 Å². The summed E-state index contributed by atoms with van der Waals surface area (Å²) in [5.74, 6) is 1.50. The van der Waals surface area contributed by atoms with E-state index in [0.29, 0.717) is 12.5 Å². The lowest BCUT2D eigenvalue weighted by Gasteiger charge is -2.10. The lowest BCUT2D eigenvalue weighted by molar-refractivity contribution is 0.301. The number of ether oxygens (including phenoxy) is 1. The van der Waals surface area contributed by atoms with Crippen molar-refractivity contribution in [2.24, 2.45) is 11.7 Å². The number of aromatic nitrogens is 3. The van der Waals surface area contributed by atoms with Crippen LogP contribution in [-0.4, -0.2) is 21.6 Å². The van der Waals surface area contributed by atoms with Gasteiger partial charge in [0, 0.05) is 13.1 Å². The zero-order valence-corrected chi connectivity index (χ0v) is 13.5. The van der Waals surface area contributed by atoms with E-state index in [4.69, 9.17) is 10.5 Å². The van der Waals surface area contributed by atoms with Crippen LogP contribution >= 0.6 is 0 Å². The van der Waals surface area contributed by atoms with E-state index >= 15 is 0 Å². The van der Waals surface area contributed by atoms with E-state index in [-0.39, 0.29) is 0 Å². The molecule has 0 fully saturated rings. The Balaban J connectivity index is 1.78. The predicted octanol–water partition coefficient (Wildman–Crippen LogP) is 2.79. The molecule has 0 amide bonds. The molecule has 0 atom stereocenters. The molecule has 0 bridgehead atoms. The summed E-state index contributed by atoms with van der Waals surface area (Å²) >= 11 is 0. The molecule has 2 rings (SSSR count). The van der Waals surface area contributed by atoms with Crippen molar-refractivity contribution < 1.29 is 4.74 Å². The number of benzene rings is 1. The number of hydrogen-bond acceptors (Lipinski definition) is 4. The van der Waals surface area contributed by atoms with Gasteiger partial charge in [0.1, 0.15) is 5.75 Å². The predicted molar refractivity (Wildman–Crippen MR) is 87.6 cm³/mol. The summed E-state index contributed by atoms with van der Waals surface area (Å²) < 4.78 is 7.70. The Hall–Kier alpha value is -1.88. The minimum atomic E-state index is 0.458. The van der Waals surface area contributed by atoms with Gasteiger partial charge in [0.15, 0.2) is 0 Å². The molecule has 5 nitrogen and oxygen atoms in total. The minimum absolute atomic E-state index is 0.458. The first-order valence-electron chi connectivity index (χ1n) is 8.00. The highest BCUT2D eigenvalue weighted by molar-refractivity contribution is 5.20. The first-order chi connectivity index (χ1) is 10.7. The minimum Gasteiger partial charge on any atom is -0.494 e. The van der Waals surface area contributed by atoms with Gasteiger partial charge in [-0.1, -0.05) is 37.3 Å². The summed E-state index contributed by atoms with van der Waals surface area (Å²) in [6, 6.07) is 9.91. The molecule has 0 aliphatic rings. The van der Waals surface area contributed by atoms with Crippen molar-refractivity contribution >= 4 is 0 Å². The highest BCUT2D eigenvalue weighted by atomic mass is 16.5. The van der Waals surface area contributed by atoms with Gasteiger partial charge in [0.2, 0.25) is 0 Å². The molecule has 0 saturated carbocycles. The SMILES string of the molecule is CC(C)Cc1c(CN)nnn1CCCCOc1ccccc1. The second-order valence-corrected chi connectivity index (χ2v) is 5.88. The van der Waals surface area contributed by atoms with Crippen molar-refractivity contribution in [1.82, 2.24) is 15.0 Å². The van der Waals surface area contributed by atoms with Crippen LogP contribution in [0.25, 0.3) is 0 Å². The Morgan fingerprint density at radius 3 is 2.64 bits per heavy atom. The third-order valence-corrected chi connectivity index (χ3v) is 3.49. The van der Waals surface area contributed by atoms with Gasteiger partial charge in [-0.05, 0) is 37.3 Å². The number of para-hydroxylation sites is 1. The third kappa shape index (κ3) is 4.84. The number of rotatable bonds is 9. The average Bonchev–Trinajstić information content (AvgIpc) is 2.89. The zero-order chi connectivity index (χ0) is 15.8. The van der Waals surface area contributed by atoms with Crippen molar-refractivity contribution in [3.63, 3.8) is 0 Å². The lowest BCUT2D eigenvalue weighted by atomic mass is 10.1. The van der Waals surface area contributed by atoms with E-state index in [1.54, 1.807) is 0 Å². The second-order valence-electron chi connectivity index (χ2n) is 5.88. The van der Waals surface area contributed by atoms with Crippen LogP contribution in [0, 0.1) is 5.92 Å². The quantitative estimate of drug-likeness (QED) is 0.723. The fraction of sp³-hybridized carbons (Fsp3) is 0.529. The molecule has 1 aromatic heterocycles. The van der Waals surface area contributed by atoms with Crippen molar-refractivity contribution in [1.29, 1.82) is 0 Å². The molecule has 0 aliphatic heterocycles. The maximum absolute atomic E-state index is 5.74. The fourth-order valence-corrected chi connectivity index (χ4v) is 2.39. The highest BCUT2D eigenvalue weighted by Gasteiger charge is 2.12. The first kappa shape index (κ1) is 16.5. The molecule has 0 radical (unpaired) electrons. The molecule has 0 spiro atoms. The number of nitrogens with zero attached hydrogens (tertiary/aromatic N) is 3. The Morgan fingerprint density at radius 1 is 1.18 bits per heavy atom. The molecule has 120 valence electrons. The van der Waals surface area contributed by atoms with Gasteiger partial charge in [-0.25, -0.2) is 4.68 Å². The molecule has 2 N–H and O–H groups in total. The molecule has 2 aromatic rings. The molecule has 5 heteroatoms. The Bertz CT molecular complexity index is 551. The summed E-state index contributed by atoms with van der Waals surface area (Å²) in [6.45, 7) is 6.45. The van der Waals surface area contributed by atoms with E-state index in [0.717, 1.165) is 43.9 Å². The van der Waals surface area contributed by atoms with Crippen LogP contribution in [0.1, 0.15) is 38.1 Å². The van der Waals surface area contributed by atoms with Crippen molar-refractivity contribution in [2.75, 3.05) is 6.61 Å². The van der Waals surface area contributed by atoms with Crippen LogP contribution < -0.4 is 10.5 Å². The van der Waals surface area contributed by atoms with Crippen LogP contribution in [0.3, 0.4) is 0 Å². The van der Waals surface area contributed by atoms with Crippen LogP contribution in [0.15, 0.2) is 30.3 Å². The number of aryl methyl sites for hydroxylation is 1. The molecule has 1 aromatic carbocycles. The summed E-state index contributed by atoms with van der Waals surface area (Å²) in [5, 5.41) is 8.43. The topological polar surface area (TPSA) is 66.0 Å². The summed E-state index contributed by atoms with van der Waals surface area (Å²) in [5.41, 5.74) is 7.85. The Labute approximate surface area is 132 Å². The fourth-order valence-electron chi connectivity index (χ4n) is 2.39. The monoisotopic (exact) mass is 302 g/mol. The van der Waals surface area contributed by atoms with Crippen LogP contribution in [0.2, 0.25) is 0 Å². The summed E-state index contributed by atoms with van der Waals surface area (Å²) in [4.78, 5) is 0. The Morgan fingerprint density at radius 2 is 1.95 bits per heavy atom. The molecule has 0 unspecified atom stereocenters. The number of unbranched alkanes of at least 4 members (excludes halogenated alkanes) is 1. The summed E-state index contributed by atoms with van der Waals surface area (Å²) in [6.07, 6.45) is 2.99. The number of nitrogens with two attached hydrogens (primary N) is 1. The van der Waals surface area contributed by atoms with Gasteiger partial charge in [0.05, 0.1) is 18.0 Å². The van der Waals surface area contributed by atoms with Gasteiger partial charge in [-0.3, -0.25) is 0 Å². The van der Waals surface area contributed by atoms with E-state index in [1.807, 2.05) is 35.0 Å². The van der Waals surface area contributed by atoms with Crippen LogP contribution in [0.5, 0.6) is 5.75 Å². The maximum Gasteiger partial charge on any atom is 0.119 e. The molecule has 1 heterocycles.